The monoisotopic (exact) mass is 261 g/mol. The van der Waals surface area contributed by atoms with Crippen LogP contribution in [0.15, 0.2) is 18.2 Å². The lowest BCUT2D eigenvalue weighted by molar-refractivity contribution is 0.0693. The van der Waals surface area contributed by atoms with Crippen LogP contribution in [0.5, 0.6) is 0 Å². The van der Waals surface area contributed by atoms with E-state index in [4.69, 9.17) is 11.0 Å². The number of hydrogen-bond donors (Lipinski definition) is 3. The lowest BCUT2D eigenvalue weighted by Gasteiger charge is -2.18. The Kier molecular flexibility index (Phi) is 4.25. The number of benzene rings is 1. The Morgan fingerprint density at radius 2 is 2.05 bits per heavy atom. The minimum atomic E-state index is -1.07. The number of amides is 2. The van der Waals surface area contributed by atoms with Crippen LogP contribution < -0.4 is 11.1 Å². The van der Waals surface area contributed by atoms with Gasteiger partial charge < -0.3 is 16.2 Å². The second-order valence-electron chi connectivity index (χ2n) is 4.73. The maximum Gasteiger partial charge on any atom is 0.252 e. The van der Waals surface area contributed by atoms with Gasteiger partial charge in [0, 0.05) is 6.54 Å². The Balaban J connectivity index is 3.07. The second kappa shape index (κ2) is 5.50. The van der Waals surface area contributed by atoms with E-state index in [1.54, 1.807) is 0 Å². The van der Waals surface area contributed by atoms with Gasteiger partial charge in [0.25, 0.3) is 5.91 Å². The molecule has 0 aliphatic heterocycles. The number of carbonyl (C=O) groups is 2. The number of nitrogens with zero attached hydrogens (tertiary/aromatic N) is 1. The molecule has 0 aliphatic carbocycles. The molecule has 1 rings (SSSR count). The van der Waals surface area contributed by atoms with Crippen molar-refractivity contribution in [2.24, 2.45) is 5.73 Å². The normalized spacial score (nSPS) is 10.6. The van der Waals surface area contributed by atoms with E-state index in [2.05, 4.69) is 5.32 Å². The number of primary amides is 1. The van der Waals surface area contributed by atoms with E-state index in [9.17, 15) is 14.7 Å². The highest BCUT2D eigenvalue weighted by Crippen LogP contribution is 2.12. The molecule has 0 aliphatic rings. The number of nitrogens with two attached hydrogens (primary N) is 1. The van der Waals surface area contributed by atoms with Crippen molar-refractivity contribution in [1.82, 2.24) is 5.32 Å². The Hall–Kier alpha value is -2.39. The summed E-state index contributed by atoms with van der Waals surface area (Å²) >= 11 is 0. The van der Waals surface area contributed by atoms with Crippen LogP contribution >= 0.6 is 0 Å². The minimum Gasteiger partial charge on any atom is -0.389 e. The van der Waals surface area contributed by atoms with Crippen LogP contribution in [0.1, 0.15) is 40.1 Å². The van der Waals surface area contributed by atoms with Gasteiger partial charge in [-0.2, -0.15) is 5.26 Å². The van der Waals surface area contributed by atoms with Crippen LogP contribution in [0.4, 0.5) is 0 Å². The summed E-state index contributed by atoms with van der Waals surface area (Å²) in [5.74, 6) is -1.31. The molecular weight excluding hydrogens is 246 g/mol. The Morgan fingerprint density at radius 3 is 2.53 bits per heavy atom. The number of nitriles is 1. The minimum absolute atomic E-state index is 0.0147. The maximum absolute atomic E-state index is 11.9. The molecule has 19 heavy (non-hydrogen) atoms. The summed E-state index contributed by atoms with van der Waals surface area (Å²) in [5.41, 5.74) is 4.41. The van der Waals surface area contributed by atoms with E-state index in [-0.39, 0.29) is 23.2 Å². The summed E-state index contributed by atoms with van der Waals surface area (Å²) in [6.07, 6.45) is 0. The molecule has 0 saturated heterocycles. The second-order valence-corrected chi connectivity index (χ2v) is 4.73. The van der Waals surface area contributed by atoms with Crippen LogP contribution in [0.3, 0.4) is 0 Å². The van der Waals surface area contributed by atoms with Gasteiger partial charge in [0.2, 0.25) is 5.91 Å². The molecule has 6 nitrogen and oxygen atoms in total. The van der Waals surface area contributed by atoms with Crippen LogP contribution in [-0.4, -0.2) is 29.1 Å². The molecule has 0 fully saturated rings. The van der Waals surface area contributed by atoms with Gasteiger partial charge in [0.15, 0.2) is 0 Å². The Bertz CT molecular complexity index is 553. The topological polar surface area (TPSA) is 116 Å². The van der Waals surface area contributed by atoms with Gasteiger partial charge in [0.05, 0.1) is 28.4 Å². The smallest absolute Gasteiger partial charge is 0.252 e. The molecule has 1 aromatic carbocycles. The highest BCUT2D eigenvalue weighted by atomic mass is 16.3. The fraction of sp³-hybridized carbons (Fsp3) is 0.308. The van der Waals surface area contributed by atoms with Crippen LogP contribution in [-0.2, 0) is 0 Å². The van der Waals surface area contributed by atoms with E-state index in [1.807, 2.05) is 6.07 Å². The van der Waals surface area contributed by atoms with Gasteiger partial charge >= 0.3 is 0 Å². The first-order chi connectivity index (χ1) is 8.74. The first-order valence-corrected chi connectivity index (χ1v) is 5.59. The van der Waals surface area contributed by atoms with E-state index >= 15 is 0 Å². The van der Waals surface area contributed by atoms with Crippen LogP contribution in [0, 0.1) is 11.3 Å². The number of aliphatic hydroxyl groups is 1. The zero-order chi connectivity index (χ0) is 14.6. The first kappa shape index (κ1) is 14.7. The third-order valence-corrected chi connectivity index (χ3v) is 2.34. The van der Waals surface area contributed by atoms with Crippen molar-refractivity contribution >= 4 is 11.8 Å². The predicted octanol–water partition coefficient (Wildman–Crippen LogP) is 0.158. The van der Waals surface area contributed by atoms with Crippen LogP contribution in [0.2, 0.25) is 0 Å². The maximum atomic E-state index is 11.9. The van der Waals surface area contributed by atoms with E-state index in [0.29, 0.717) is 0 Å². The van der Waals surface area contributed by atoms with E-state index in [0.717, 1.165) is 0 Å². The molecule has 2 amide bonds. The fourth-order valence-corrected chi connectivity index (χ4v) is 1.41. The van der Waals surface area contributed by atoms with Crippen molar-refractivity contribution in [3.63, 3.8) is 0 Å². The SMILES string of the molecule is CC(C)(O)CNC(=O)c1cc(C#N)ccc1C(N)=O. The molecular formula is C13H15N3O3. The summed E-state index contributed by atoms with van der Waals surface area (Å²) in [6.45, 7) is 3.09. The zero-order valence-electron chi connectivity index (χ0n) is 10.7. The van der Waals surface area contributed by atoms with Gasteiger partial charge in [-0.25, -0.2) is 0 Å². The standard InChI is InChI=1S/C13H15N3O3/c1-13(2,19)7-16-12(18)10-5-8(6-14)3-4-9(10)11(15)17/h3-5,19H,7H2,1-2H3,(H2,15,17)(H,16,18). The van der Waals surface area contributed by atoms with Gasteiger partial charge in [-0.1, -0.05) is 0 Å². The van der Waals surface area contributed by atoms with Crippen molar-refractivity contribution in [3.8, 4) is 6.07 Å². The van der Waals surface area contributed by atoms with Crippen molar-refractivity contribution in [2.75, 3.05) is 6.54 Å². The van der Waals surface area contributed by atoms with E-state index in [1.165, 1.54) is 32.0 Å². The third-order valence-electron chi connectivity index (χ3n) is 2.34. The quantitative estimate of drug-likeness (QED) is 0.715. The third kappa shape index (κ3) is 4.08. The fourth-order valence-electron chi connectivity index (χ4n) is 1.41. The molecule has 0 spiro atoms. The molecule has 100 valence electrons. The average Bonchev–Trinajstić information content (AvgIpc) is 2.34. The number of nitrogens with one attached hydrogen (secondary N) is 1. The molecule has 0 bridgehead atoms. The summed E-state index contributed by atoms with van der Waals surface area (Å²) < 4.78 is 0. The molecule has 0 atom stereocenters. The van der Waals surface area contributed by atoms with Gasteiger partial charge in [-0.15, -0.1) is 0 Å². The highest BCUT2D eigenvalue weighted by Gasteiger charge is 2.19. The molecule has 6 heteroatoms. The molecule has 0 heterocycles. The van der Waals surface area contributed by atoms with Crippen LogP contribution in [0.25, 0.3) is 0 Å². The van der Waals surface area contributed by atoms with Crippen molar-refractivity contribution in [3.05, 3.63) is 34.9 Å². The predicted molar refractivity (Wildman–Crippen MR) is 68.3 cm³/mol. The van der Waals surface area contributed by atoms with Crippen molar-refractivity contribution in [1.29, 1.82) is 5.26 Å². The molecule has 0 unspecified atom stereocenters. The number of hydrogen-bond acceptors (Lipinski definition) is 4. The molecule has 4 N–H and O–H groups in total. The summed E-state index contributed by atoms with van der Waals surface area (Å²) in [6, 6.07) is 5.91. The summed E-state index contributed by atoms with van der Waals surface area (Å²) in [4.78, 5) is 23.2. The molecule has 0 saturated carbocycles. The van der Waals surface area contributed by atoms with Gasteiger partial charge in [-0.3, -0.25) is 9.59 Å². The van der Waals surface area contributed by atoms with Crippen molar-refractivity contribution in [2.45, 2.75) is 19.4 Å². The van der Waals surface area contributed by atoms with Gasteiger partial charge in [-0.05, 0) is 32.0 Å². The number of rotatable bonds is 4. The lowest BCUT2D eigenvalue weighted by atomic mass is 10.0. The Morgan fingerprint density at radius 1 is 1.42 bits per heavy atom. The number of carbonyl (C=O) groups excluding carboxylic acids is 2. The van der Waals surface area contributed by atoms with Crippen molar-refractivity contribution < 1.29 is 14.7 Å². The van der Waals surface area contributed by atoms with Gasteiger partial charge in [0.1, 0.15) is 0 Å². The molecule has 0 aromatic heterocycles. The van der Waals surface area contributed by atoms with E-state index < -0.39 is 17.4 Å². The molecule has 0 radical (unpaired) electrons. The first-order valence-electron chi connectivity index (χ1n) is 5.59. The Labute approximate surface area is 110 Å². The summed E-state index contributed by atoms with van der Waals surface area (Å²) in [5, 5.41) is 20.8. The lowest BCUT2D eigenvalue weighted by Crippen LogP contribution is -2.38. The average molecular weight is 261 g/mol. The summed E-state index contributed by atoms with van der Waals surface area (Å²) in [7, 11) is 0. The highest BCUT2D eigenvalue weighted by molar-refractivity contribution is 6.06. The largest absolute Gasteiger partial charge is 0.389 e. The zero-order valence-corrected chi connectivity index (χ0v) is 10.7. The molecule has 1 aromatic rings.